The lowest BCUT2D eigenvalue weighted by molar-refractivity contribution is 0.102. The summed E-state index contributed by atoms with van der Waals surface area (Å²) >= 11 is 0. The van der Waals surface area contributed by atoms with E-state index in [2.05, 4.69) is 41.4 Å². The maximum atomic E-state index is 12.8. The molecule has 1 heterocycles. The standard InChI is InChI=1S/C23H27N5O/c1-23(2,3)18-8-6-7-9-19(18)27-22(29)20-14-21(25-15-24-20)26-16-10-12-17(13-11-16)28(4)5/h6-15H,1-5H3,(H,27,29)(H,24,25,26). The average Bonchev–Trinajstić information content (AvgIpc) is 2.68. The van der Waals surface area contributed by atoms with E-state index in [4.69, 9.17) is 0 Å². The molecule has 0 saturated heterocycles. The molecule has 0 aliphatic rings. The van der Waals surface area contributed by atoms with Crippen LogP contribution in [-0.2, 0) is 5.41 Å². The summed E-state index contributed by atoms with van der Waals surface area (Å²) in [4.78, 5) is 23.2. The van der Waals surface area contributed by atoms with Gasteiger partial charge in [0.2, 0.25) is 0 Å². The number of amides is 1. The van der Waals surface area contributed by atoms with Crippen molar-refractivity contribution >= 4 is 28.8 Å². The number of rotatable bonds is 5. The van der Waals surface area contributed by atoms with Gasteiger partial charge < -0.3 is 15.5 Å². The summed E-state index contributed by atoms with van der Waals surface area (Å²) in [6.45, 7) is 6.35. The van der Waals surface area contributed by atoms with E-state index in [0.717, 1.165) is 22.6 Å². The smallest absolute Gasteiger partial charge is 0.274 e. The fraction of sp³-hybridized carbons (Fsp3) is 0.261. The molecule has 2 N–H and O–H groups in total. The zero-order chi connectivity index (χ0) is 21.0. The van der Waals surface area contributed by atoms with Crippen LogP contribution in [0.2, 0.25) is 0 Å². The second-order valence-corrected chi connectivity index (χ2v) is 8.10. The number of benzene rings is 2. The number of nitrogens with one attached hydrogen (secondary N) is 2. The fourth-order valence-corrected chi connectivity index (χ4v) is 2.97. The second kappa shape index (κ2) is 8.31. The van der Waals surface area contributed by atoms with Gasteiger partial charge in [-0.3, -0.25) is 4.79 Å². The molecule has 0 bridgehead atoms. The molecule has 0 fully saturated rings. The van der Waals surface area contributed by atoms with Crippen LogP contribution < -0.4 is 15.5 Å². The summed E-state index contributed by atoms with van der Waals surface area (Å²) < 4.78 is 0. The van der Waals surface area contributed by atoms with Crippen molar-refractivity contribution in [3.8, 4) is 0 Å². The Morgan fingerprint density at radius 1 is 0.966 bits per heavy atom. The molecule has 3 rings (SSSR count). The molecule has 1 amide bonds. The highest BCUT2D eigenvalue weighted by atomic mass is 16.1. The summed E-state index contributed by atoms with van der Waals surface area (Å²) in [5, 5.41) is 6.20. The van der Waals surface area contributed by atoms with Crippen molar-refractivity contribution in [1.82, 2.24) is 9.97 Å². The third-order valence-electron chi connectivity index (χ3n) is 4.54. The molecule has 0 radical (unpaired) electrons. The lowest BCUT2D eigenvalue weighted by Gasteiger charge is -2.22. The summed E-state index contributed by atoms with van der Waals surface area (Å²) in [7, 11) is 3.99. The van der Waals surface area contributed by atoms with Crippen molar-refractivity contribution in [2.45, 2.75) is 26.2 Å². The highest BCUT2D eigenvalue weighted by molar-refractivity contribution is 6.03. The molecule has 2 aromatic carbocycles. The van der Waals surface area contributed by atoms with E-state index in [-0.39, 0.29) is 11.3 Å². The number of anilines is 4. The van der Waals surface area contributed by atoms with E-state index < -0.39 is 0 Å². The van der Waals surface area contributed by atoms with Crippen molar-refractivity contribution < 1.29 is 4.79 Å². The monoisotopic (exact) mass is 389 g/mol. The molecule has 0 atom stereocenters. The third-order valence-corrected chi connectivity index (χ3v) is 4.54. The summed E-state index contributed by atoms with van der Waals surface area (Å²) in [5.41, 5.74) is 4.07. The van der Waals surface area contributed by atoms with Gasteiger partial charge in [0.25, 0.3) is 5.91 Å². The van der Waals surface area contributed by atoms with E-state index >= 15 is 0 Å². The van der Waals surface area contributed by atoms with Crippen LogP contribution in [0.25, 0.3) is 0 Å². The van der Waals surface area contributed by atoms with Crippen LogP contribution in [0, 0.1) is 0 Å². The van der Waals surface area contributed by atoms with Gasteiger partial charge in [-0.1, -0.05) is 39.0 Å². The predicted molar refractivity (Wildman–Crippen MR) is 119 cm³/mol. The van der Waals surface area contributed by atoms with Crippen molar-refractivity contribution in [3.63, 3.8) is 0 Å². The maximum absolute atomic E-state index is 12.8. The maximum Gasteiger partial charge on any atom is 0.274 e. The minimum absolute atomic E-state index is 0.0824. The zero-order valence-electron chi connectivity index (χ0n) is 17.5. The lowest BCUT2D eigenvalue weighted by Crippen LogP contribution is -2.19. The topological polar surface area (TPSA) is 70.2 Å². The highest BCUT2D eigenvalue weighted by Gasteiger charge is 2.19. The number of para-hydroxylation sites is 1. The summed E-state index contributed by atoms with van der Waals surface area (Å²) in [6, 6.07) is 17.4. The summed E-state index contributed by atoms with van der Waals surface area (Å²) in [5.74, 6) is 0.293. The Balaban J connectivity index is 1.77. The van der Waals surface area contributed by atoms with E-state index in [1.807, 2.05) is 67.5 Å². The number of hydrogen-bond donors (Lipinski definition) is 2. The zero-order valence-corrected chi connectivity index (χ0v) is 17.5. The molecule has 6 nitrogen and oxygen atoms in total. The third kappa shape index (κ3) is 5.10. The van der Waals surface area contributed by atoms with Crippen molar-refractivity contribution in [2.75, 3.05) is 29.6 Å². The number of aromatic nitrogens is 2. The van der Waals surface area contributed by atoms with Crippen LogP contribution >= 0.6 is 0 Å². The Morgan fingerprint density at radius 3 is 2.31 bits per heavy atom. The van der Waals surface area contributed by atoms with Gasteiger partial charge >= 0.3 is 0 Å². The second-order valence-electron chi connectivity index (χ2n) is 8.10. The Hall–Kier alpha value is -3.41. The number of nitrogens with zero attached hydrogens (tertiary/aromatic N) is 3. The van der Waals surface area contributed by atoms with Gasteiger partial charge in [-0.05, 0) is 41.3 Å². The molecule has 0 unspecified atom stereocenters. The SMILES string of the molecule is CN(C)c1ccc(Nc2cc(C(=O)Nc3ccccc3C(C)(C)C)ncn2)cc1. The molecule has 3 aromatic rings. The van der Waals surface area contributed by atoms with Crippen molar-refractivity contribution in [3.05, 3.63) is 72.2 Å². The quantitative estimate of drug-likeness (QED) is 0.654. The van der Waals surface area contributed by atoms with Crippen LogP contribution in [-0.4, -0.2) is 30.0 Å². The lowest BCUT2D eigenvalue weighted by atomic mass is 9.86. The Kier molecular flexibility index (Phi) is 5.82. The normalized spacial score (nSPS) is 11.1. The van der Waals surface area contributed by atoms with E-state index in [1.165, 1.54) is 6.33 Å². The minimum atomic E-state index is -0.268. The molecular weight excluding hydrogens is 362 g/mol. The first-order chi connectivity index (χ1) is 13.7. The van der Waals surface area contributed by atoms with Crippen LogP contribution in [0.5, 0.6) is 0 Å². The Bertz CT molecular complexity index is 991. The largest absolute Gasteiger partial charge is 0.378 e. The first-order valence-corrected chi connectivity index (χ1v) is 9.51. The minimum Gasteiger partial charge on any atom is -0.378 e. The molecule has 0 saturated carbocycles. The van der Waals surface area contributed by atoms with Gasteiger partial charge in [0.15, 0.2) is 0 Å². The van der Waals surface area contributed by atoms with Crippen LogP contribution in [0.3, 0.4) is 0 Å². The molecule has 1 aromatic heterocycles. The predicted octanol–water partition coefficient (Wildman–Crippen LogP) is 4.84. The van der Waals surface area contributed by atoms with E-state index in [1.54, 1.807) is 6.07 Å². The summed E-state index contributed by atoms with van der Waals surface area (Å²) in [6.07, 6.45) is 1.39. The van der Waals surface area contributed by atoms with Gasteiger partial charge in [0, 0.05) is 37.2 Å². The molecule has 0 aliphatic carbocycles. The molecule has 0 spiro atoms. The van der Waals surface area contributed by atoms with Gasteiger partial charge in [-0.25, -0.2) is 9.97 Å². The fourth-order valence-electron chi connectivity index (χ4n) is 2.97. The molecule has 29 heavy (non-hydrogen) atoms. The number of hydrogen-bond acceptors (Lipinski definition) is 5. The molecule has 150 valence electrons. The number of carbonyl (C=O) groups excluding carboxylic acids is 1. The number of carbonyl (C=O) groups is 1. The van der Waals surface area contributed by atoms with Crippen LogP contribution in [0.4, 0.5) is 22.9 Å². The van der Waals surface area contributed by atoms with Crippen LogP contribution in [0.1, 0.15) is 36.8 Å². The highest BCUT2D eigenvalue weighted by Crippen LogP contribution is 2.29. The first kappa shape index (κ1) is 20.3. The van der Waals surface area contributed by atoms with Gasteiger partial charge in [-0.2, -0.15) is 0 Å². The van der Waals surface area contributed by atoms with E-state index in [9.17, 15) is 4.79 Å². The van der Waals surface area contributed by atoms with Crippen molar-refractivity contribution in [1.29, 1.82) is 0 Å². The molecule has 0 aliphatic heterocycles. The van der Waals surface area contributed by atoms with Gasteiger partial charge in [0.1, 0.15) is 17.8 Å². The van der Waals surface area contributed by atoms with Gasteiger partial charge in [0.05, 0.1) is 0 Å². The molecular formula is C23H27N5O. The Morgan fingerprint density at radius 2 is 1.66 bits per heavy atom. The van der Waals surface area contributed by atoms with Crippen LogP contribution in [0.15, 0.2) is 60.9 Å². The van der Waals surface area contributed by atoms with Crippen molar-refractivity contribution in [2.24, 2.45) is 0 Å². The Labute approximate surface area is 172 Å². The molecule has 6 heteroatoms. The first-order valence-electron chi connectivity index (χ1n) is 9.51. The average molecular weight is 390 g/mol. The van der Waals surface area contributed by atoms with E-state index in [0.29, 0.717) is 11.5 Å². The van der Waals surface area contributed by atoms with Gasteiger partial charge in [-0.15, -0.1) is 0 Å².